The van der Waals surface area contributed by atoms with E-state index in [1.54, 1.807) is 0 Å². The van der Waals surface area contributed by atoms with Gasteiger partial charge in [0.05, 0.1) is 0 Å². The van der Waals surface area contributed by atoms with Crippen LogP contribution in [0, 0.1) is 16.7 Å². The van der Waals surface area contributed by atoms with Crippen LogP contribution in [0.15, 0.2) is 24.3 Å². The third kappa shape index (κ3) is 1.78. The van der Waals surface area contributed by atoms with Crippen molar-refractivity contribution in [2.45, 2.75) is 58.9 Å². The highest BCUT2D eigenvalue weighted by molar-refractivity contribution is 5.37. The van der Waals surface area contributed by atoms with Gasteiger partial charge in [0.1, 0.15) is 0 Å². The van der Waals surface area contributed by atoms with Crippen LogP contribution in [0.1, 0.15) is 70.0 Å². The maximum atomic E-state index is 6.67. The van der Waals surface area contributed by atoms with Crippen LogP contribution in [0.3, 0.4) is 0 Å². The Kier molecular flexibility index (Phi) is 2.83. The van der Waals surface area contributed by atoms with E-state index in [2.05, 4.69) is 52.0 Å². The average molecular weight is 257 g/mol. The Morgan fingerprint density at radius 3 is 2.11 bits per heavy atom. The predicted molar refractivity (Wildman–Crippen MR) is 81.0 cm³/mol. The molecular formula is C18H27N. The van der Waals surface area contributed by atoms with E-state index >= 15 is 0 Å². The summed E-state index contributed by atoms with van der Waals surface area (Å²) < 4.78 is 0. The van der Waals surface area contributed by atoms with Crippen molar-refractivity contribution in [1.29, 1.82) is 0 Å². The third-order valence-corrected chi connectivity index (χ3v) is 6.39. The van der Waals surface area contributed by atoms with Crippen molar-refractivity contribution in [3.05, 3.63) is 35.4 Å². The molecule has 1 nitrogen and oxygen atoms in total. The van der Waals surface area contributed by atoms with Gasteiger partial charge in [-0.05, 0) is 46.6 Å². The van der Waals surface area contributed by atoms with E-state index < -0.39 is 0 Å². The smallest absolute Gasteiger partial charge is 0.0337 e. The van der Waals surface area contributed by atoms with Gasteiger partial charge in [0.15, 0.2) is 0 Å². The van der Waals surface area contributed by atoms with Crippen molar-refractivity contribution < 1.29 is 0 Å². The SMILES string of the molecule is CC1(C)C(C(N)c2ccccc2C2CCC2)C1(C)C. The number of nitrogens with two attached hydrogens (primary N) is 1. The molecule has 2 aliphatic carbocycles. The highest BCUT2D eigenvalue weighted by atomic mass is 14.8. The molecule has 0 aliphatic heterocycles. The summed E-state index contributed by atoms with van der Waals surface area (Å²) in [5.41, 5.74) is 10.3. The van der Waals surface area contributed by atoms with Gasteiger partial charge in [0, 0.05) is 6.04 Å². The molecule has 1 atom stereocenters. The molecule has 0 bridgehead atoms. The van der Waals surface area contributed by atoms with E-state index in [-0.39, 0.29) is 6.04 Å². The summed E-state index contributed by atoms with van der Waals surface area (Å²) in [5, 5.41) is 0. The van der Waals surface area contributed by atoms with Gasteiger partial charge in [0.2, 0.25) is 0 Å². The number of benzene rings is 1. The van der Waals surface area contributed by atoms with Crippen molar-refractivity contribution in [3.8, 4) is 0 Å². The fourth-order valence-corrected chi connectivity index (χ4v) is 4.23. The first-order valence-electron chi connectivity index (χ1n) is 7.72. The van der Waals surface area contributed by atoms with Gasteiger partial charge in [0.25, 0.3) is 0 Å². The van der Waals surface area contributed by atoms with Crippen LogP contribution in [0.5, 0.6) is 0 Å². The summed E-state index contributed by atoms with van der Waals surface area (Å²) in [5.74, 6) is 1.37. The van der Waals surface area contributed by atoms with Crippen LogP contribution in [0.4, 0.5) is 0 Å². The Morgan fingerprint density at radius 2 is 1.63 bits per heavy atom. The van der Waals surface area contributed by atoms with Crippen LogP contribution in [-0.2, 0) is 0 Å². The van der Waals surface area contributed by atoms with Gasteiger partial charge < -0.3 is 5.73 Å². The molecule has 0 saturated heterocycles. The highest BCUT2D eigenvalue weighted by Gasteiger charge is 2.66. The minimum Gasteiger partial charge on any atom is -0.324 e. The summed E-state index contributed by atoms with van der Waals surface area (Å²) in [4.78, 5) is 0. The molecule has 19 heavy (non-hydrogen) atoms. The molecular weight excluding hydrogens is 230 g/mol. The molecule has 2 fully saturated rings. The summed E-state index contributed by atoms with van der Waals surface area (Å²) in [6.45, 7) is 9.46. The van der Waals surface area contributed by atoms with E-state index in [1.807, 2.05) is 0 Å². The molecule has 1 aromatic rings. The Balaban J connectivity index is 1.91. The van der Waals surface area contributed by atoms with E-state index in [9.17, 15) is 0 Å². The lowest BCUT2D eigenvalue weighted by Crippen LogP contribution is -2.21. The summed E-state index contributed by atoms with van der Waals surface area (Å²) in [6.07, 6.45) is 4.08. The first kappa shape index (κ1) is 13.2. The molecule has 1 heteroatoms. The molecule has 104 valence electrons. The second-order valence-corrected chi connectivity index (χ2v) is 7.70. The lowest BCUT2D eigenvalue weighted by Gasteiger charge is -2.30. The van der Waals surface area contributed by atoms with Crippen molar-refractivity contribution >= 4 is 0 Å². The molecule has 0 spiro atoms. The molecule has 0 aromatic heterocycles. The molecule has 3 rings (SSSR count). The second-order valence-electron chi connectivity index (χ2n) is 7.70. The fraction of sp³-hybridized carbons (Fsp3) is 0.667. The minimum atomic E-state index is 0.196. The van der Waals surface area contributed by atoms with Gasteiger partial charge in [-0.15, -0.1) is 0 Å². The number of rotatable bonds is 3. The molecule has 2 aliphatic rings. The van der Waals surface area contributed by atoms with Crippen LogP contribution in [0.25, 0.3) is 0 Å². The van der Waals surface area contributed by atoms with E-state index in [1.165, 1.54) is 30.4 Å². The first-order valence-corrected chi connectivity index (χ1v) is 7.72. The number of hydrogen-bond acceptors (Lipinski definition) is 1. The first-order chi connectivity index (χ1) is 8.87. The van der Waals surface area contributed by atoms with Gasteiger partial charge in [-0.3, -0.25) is 0 Å². The van der Waals surface area contributed by atoms with Crippen molar-refractivity contribution in [2.24, 2.45) is 22.5 Å². The van der Waals surface area contributed by atoms with Crippen molar-refractivity contribution in [1.82, 2.24) is 0 Å². The van der Waals surface area contributed by atoms with Crippen molar-refractivity contribution in [3.63, 3.8) is 0 Å². The Hall–Kier alpha value is -0.820. The fourth-order valence-electron chi connectivity index (χ4n) is 4.23. The van der Waals surface area contributed by atoms with E-state index in [4.69, 9.17) is 5.73 Å². The molecule has 0 radical (unpaired) electrons. The lowest BCUT2D eigenvalue weighted by molar-refractivity contribution is 0.409. The normalized spacial score (nSPS) is 26.8. The molecule has 1 unspecified atom stereocenters. The van der Waals surface area contributed by atoms with Crippen LogP contribution in [-0.4, -0.2) is 0 Å². The van der Waals surface area contributed by atoms with Crippen LogP contribution in [0.2, 0.25) is 0 Å². The molecule has 0 heterocycles. The third-order valence-electron chi connectivity index (χ3n) is 6.39. The molecule has 2 saturated carbocycles. The van der Waals surface area contributed by atoms with Crippen molar-refractivity contribution in [2.75, 3.05) is 0 Å². The zero-order valence-corrected chi connectivity index (χ0v) is 12.7. The van der Waals surface area contributed by atoms with Gasteiger partial charge in [-0.2, -0.15) is 0 Å². The predicted octanol–water partition coefficient (Wildman–Crippen LogP) is 4.64. The maximum Gasteiger partial charge on any atom is 0.0337 e. The Morgan fingerprint density at radius 1 is 1.05 bits per heavy atom. The highest BCUT2D eigenvalue weighted by Crippen LogP contribution is 2.72. The molecule has 0 amide bonds. The summed E-state index contributed by atoms with van der Waals surface area (Å²) in [7, 11) is 0. The zero-order valence-electron chi connectivity index (χ0n) is 12.7. The van der Waals surface area contributed by atoms with Crippen LogP contribution >= 0.6 is 0 Å². The van der Waals surface area contributed by atoms with E-state index in [0.29, 0.717) is 16.7 Å². The molecule has 2 N–H and O–H groups in total. The monoisotopic (exact) mass is 257 g/mol. The topological polar surface area (TPSA) is 26.0 Å². The Bertz CT molecular complexity index is 468. The van der Waals surface area contributed by atoms with E-state index in [0.717, 1.165) is 5.92 Å². The second kappa shape index (κ2) is 4.09. The lowest BCUT2D eigenvalue weighted by atomic mass is 9.76. The minimum absolute atomic E-state index is 0.196. The largest absolute Gasteiger partial charge is 0.324 e. The van der Waals surface area contributed by atoms with Gasteiger partial charge in [-0.1, -0.05) is 58.4 Å². The Labute approximate surface area is 117 Å². The summed E-state index contributed by atoms with van der Waals surface area (Å²) in [6, 6.07) is 9.10. The summed E-state index contributed by atoms with van der Waals surface area (Å²) >= 11 is 0. The van der Waals surface area contributed by atoms with Gasteiger partial charge in [-0.25, -0.2) is 0 Å². The van der Waals surface area contributed by atoms with Gasteiger partial charge >= 0.3 is 0 Å². The quantitative estimate of drug-likeness (QED) is 0.839. The van der Waals surface area contributed by atoms with Crippen LogP contribution < -0.4 is 5.73 Å². The average Bonchev–Trinajstić information content (AvgIpc) is 2.67. The molecule has 1 aromatic carbocycles. The standard InChI is InChI=1S/C18H27N/c1-17(2)16(18(17,3)4)15(19)14-11-6-5-10-13(14)12-8-7-9-12/h5-6,10-12,15-16H,7-9,19H2,1-4H3. The zero-order chi connectivity index (χ0) is 13.8. The maximum absolute atomic E-state index is 6.67. The number of hydrogen-bond donors (Lipinski definition) is 1.